The molecule has 2 heterocycles. The summed E-state index contributed by atoms with van der Waals surface area (Å²) >= 11 is 0. The van der Waals surface area contributed by atoms with Crippen molar-refractivity contribution in [2.45, 2.75) is 33.0 Å². The predicted octanol–water partition coefficient (Wildman–Crippen LogP) is -0.428. The fourth-order valence-electron chi connectivity index (χ4n) is 2.06. The smallest absolute Gasteiger partial charge is 0.332 e. The maximum Gasteiger partial charge on any atom is 0.332 e. The van der Waals surface area contributed by atoms with E-state index in [4.69, 9.17) is 10.5 Å². The Bertz CT molecular complexity index is 725. The first-order valence-corrected chi connectivity index (χ1v) is 6.49. The van der Waals surface area contributed by atoms with Crippen LogP contribution in [-0.4, -0.2) is 32.8 Å². The third kappa shape index (κ3) is 2.27. The second kappa shape index (κ2) is 5.59. The fraction of sp³-hybridized carbons (Fsp3) is 0.583. The number of nitrogens with zero attached hydrogens (tertiary/aromatic N) is 3. The number of aromatic nitrogens is 4. The number of rotatable bonds is 5. The third-order valence-corrected chi connectivity index (χ3v) is 3.15. The van der Waals surface area contributed by atoms with Crippen LogP contribution in [0.25, 0.3) is 11.2 Å². The first-order chi connectivity index (χ1) is 9.51. The molecule has 0 aliphatic carbocycles. The van der Waals surface area contributed by atoms with Gasteiger partial charge >= 0.3 is 5.69 Å². The van der Waals surface area contributed by atoms with Crippen molar-refractivity contribution in [2.75, 3.05) is 13.7 Å². The van der Waals surface area contributed by atoms with E-state index in [9.17, 15) is 9.59 Å². The van der Waals surface area contributed by atoms with E-state index in [1.165, 1.54) is 9.13 Å². The summed E-state index contributed by atoms with van der Waals surface area (Å²) in [7, 11) is 1.55. The van der Waals surface area contributed by atoms with E-state index in [1.54, 1.807) is 21.0 Å². The molecule has 2 aromatic rings. The number of imidazole rings is 1. The number of fused-ring (bicyclic) bond motifs is 1. The van der Waals surface area contributed by atoms with Gasteiger partial charge in [0.1, 0.15) is 11.3 Å². The van der Waals surface area contributed by atoms with Gasteiger partial charge in [-0.15, -0.1) is 0 Å². The Hall–Kier alpha value is -1.93. The second-order valence-electron chi connectivity index (χ2n) is 4.59. The minimum Gasteiger partial charge on any atom is -0.383 e. The molecular weight excluding hydrogens is 262 g/mol. The quantitative estimate of drug-likeness (QED) is 0.773. The average Bonchev–Trinajstić information content (AvgIpc) is 2.84. The number of hydrogen-bond acceptors (Lipinski definition) is 5. The average molecular weight is 281 g/mol. The molecule has 0 amide bonds. The first-order valence-electron chi connectivity index (χ1n) is 6.49. The zero-order valence-electron chi connectivity index (χ0n) is 11.8. The van der Waals surface area contributed by atoms with E-state index < -0.39 is 0 Å². The van der Waals surface area contributed by atoms with Crippen LogP contribution in [0.4, 0.5) is 0 Å². The zero-order valence-corrected chi connectivity index (χ0v) is 11.8. The standard InChI is InChI=1S/C12H19N5O3/c1-4-16-11(18)8-10(15-9(14-8)7(2)13)17(12(16)19)5-6-20-3/h7H,4-6,13H2,1-3H3,(H,14,15). The van der Waals surface area contributed by atoms with Gasteiger partial charge in [0.15, 0.2) is 5.65 Å². The van der Waals surface area contributed by atoms with Crippen LogP contribution in [0.2, 0.25) is 0 Å². The molecule has 0 bridgehead atoms. The van der Waals surface area contributed by atoms with Crippen molar-refractivity contribution in [3.05, 3.63) is 26.7 Å². The van der Waals surface area contributed by atoms with E-state index in [0.29, 0.717) is 36.7 Å². The van der Waals surface area contributed by atoms with Gasteiger partial charge in [0.2, 0.25) is 0 Å². The number of methoxy groups -OCH3 is 1. The van der Waals surface area contributed by atoms with Crippen LogP contribution in [0.3, 0.4) is 0 Å². The maximum absolute atomic E-state index is 12.3. The number of aromatic amines is 1. The Labute approximate surface area is 115 Å². The lowest BCUT2D eigenvalue weighted by Gasteiger charge is -2.09. The zero-order chi connectivity index (χ0) is 14.9. The highest BCUT2D eigenvalue weighted by Crippen LogP contribution is 2.10. The van der Waals surface area contributed by atoms with Crippen LogP contribution in [0.1, 0.15) is 25.7 Å². The van der Waals surface area contributed by atoms with E-state index in [1.807, 2.05) is 0 Å². The van der Waals surface area contributed by atoms with Crippen molar-refractivity contribution in [3.63, 3.8) is 0 Å². The number of hydrogen-bond donors (Lipinski definition) is 2. The number of ether oxygens (including phenoxy) is 1. The van der Waals surface area contributed by atoms with Gasteiger partial charge in [0.05, 0.1) is 19.2 Å². The third-order valence-electron chi connectivity index (χ3n) is 3.15. The predicted molar refractivity (Wildman–Crippen MR) is 74.8 cm³/mol. The summed E-state index contributed by atoms with van der Waals surface area (Å²) in [5.41, 5.74) is 5.64. The summed E-state index contributed by atoms with van der Waals surface area (Å²) in [5.74, 6) is 0.483. The Morgan fingerprint density at radius 3 is 2.65 bits per heavy atom. The molecule has 0 aromatic carbocycles. The summed E-state index contributed by atoms with van der Waals surface area (Å²) in [4.78, 5) is 31.7. The molecule has 8 nitrogen and oxygen atoms in total. The molecule has 1 atom stereocenters. The topological polar surface area (TPSA) is 108 Å². The van der Waals surface area contributed by atoms with Crippen molar-refractivity contribution in [2.24, 2.45) is 5.73 Å². The molecule has 0 aliphatic heterocycles. The molecule has 0 fully saturated rings. The highest BCUT2D eigenvalue weighted by molar-refractivity contribution is 5.70. The summed E-state index contributed by atoms with van der Waals surface area (Å²) in [6.07, 6.45) is 0. The number of nitrogens with one attached hydrogen (secondary N) is 1. The summed E-state index contributed by atoms with van der Waals surface area (Å²) in [6, 6.07) is -0.345. The molecule has 1 unspecified atom stereocenters. The number of nitrogens with two attached hydrogens (primary N) is 1. The van der Waals surface area contributed by atoms with Gasteiger partial charge in [-0.25, -0.2) is 9.78 Å². The van der Waals surface area contributed by atoms with E-state index in [0.717, 1.165) is 0 Å². The van der Waals surface area contributed by atoms with E-state index >= 15 is 0 Å². The summed E-state index contributed by atoms with van der Waals surface area (Å²) in [5, 5.41) is 0. The molecular formula is C12H19N5O3. The van der Waals surface area contributed by atoms with Gasteiger partial charge in [0.25, 0.3) is 5.56 Å². The van der Waals surface area contributed by atoms with Crippen LogP contribution in [0, 0.1) is 0 Å². The normalized spacial score (nSPS) is 13.0. The number of H-pyrrole nitrogens is 1. The minimum absolute atomic E-state index is 0.299. The van der Waals surface area contributed by atoms with Crippen LogP contribution in [0.5, 0.6) is 0 Å². The van der Waals surface area contributed by atoms with Gasteiger partial charge in [-0.3, -0.25) is 13.9 Å². The maximum atomic E-state index is 12.3. The molecule has 0 saturated carbocycles. The molecule has 0 radical (unpaired) electrons. The lowest BCUT2D eigenvalue weighted by Crippen LogP contribution is -2.40. The Morgan fingerprint density at radius 2 is 2.10 bits per heavy atom. The van der Waals surface area contributed by atoms with Crippen LogP contribution in [-0.2, 0) is 17.8 Å². The minimum atomic E-state index is -0.384. The molecule has 0 saturated heterocycles. The fourth-order valence-corrected chi connectivity index (χ4v) is 2.06. The van der Waals surface area contributed by atoms with Crippen molar-refractivity contribution in [3.8, 4) is 0 Å². The molecule has 20 heavy (non-hydrogen) atoms. The molecule has 110 valence electrons. The first kappa shape index (κ1) is 14.5. The Morgan fingerprint density at radius 1 is 1.40 bits per heavy atom. The largest absolute Gasteiger partial charge is 0.383 e. The van der Waals surface area contributed by atoms with Crippen molar-refractivity contribution in [1.82, 2.24) is 19.1 Å². The SMILES string of the molecule is CCn1c(=O)c2[nH]c(C(C)N)nc2n(CCOC)c1=O. The lowest BCUT2D eigenvalue weighted by molar-refractivity contribution is 0.186. The molecule has 8 heteroatoms. The van der Waals surface area contributed by atoms with E-state index in [2.05, 4.69) is 9.97 Å². The van der Waals surface area contributed by atoms with Gasteiger partial charge in [-0.2, -0.15) is 0 Å². The summed E-state index contributed by atoms with van der Waals surface area (Å²) in [6.45, 7) is 4.49. The van der Waals surface area contributed by atoms with Crippen molar-refractivity contribution in [1.29, 1.82) is 0 Å². The van der Waals surface area contributed by atoms with Crippen molar-refractivity contribution >= 4 is 11.2 Å². The van der Waals surface area contributed by atoms with Gasteiger partial charge in [-0.05, 0) is 13.8 Å². The lowest BCUT2D eigenvalue weighted by atomic mass is 10.3. The highest BCUT2D eigenvalue weighted by Gasteiger charge is 2.17. The Balaban J connectivity index is 2.79. The van der Waals surface area contributed by atoms with Crippen LogP contribution >= 0.6 is 0 Å². The molecule has 0 spiro atoms. The van der Waals surface area contributed by atoms with Gasteiger partial charge in [-0.1, -0.05) is 0 Å². The van der Waals surface area contributed by atoms with Crippen molar-refractivity contribution < 1.29 is 4.74 Å². The second-order valence-corrected chi connectivity index (χ2v) is 4.59. The molecule has 0 aliphatic rings. The summed E-state index contributed by atoms with van der Waals surface area (Å²) < 4.78 is 7.60. The van der Waals surface area contributed by atoms with E-state index in [-0.39, 0.29) is 17.3 Å². The molecule has 2 rings (SSSR count). The monoisotopic (exact) mass is 281 g/mol. The Kier molecular flexibility index (Phi) is 4.05. The molecule has 3 N–H and O–H groups in total. The van der Waals surface area contributed by atoms with Gasteiger partial charge < -0.3 is 15.5 Å². The van der Waals surface area contributed by atoms with Gasteiger partial charge in [0, 0.05) is 13.7 Å². The van der Waals surface area contributed by atoms with Crippen LogP contribution in [0.15, 0.2) is 9.59 Å². The van der Waals surface area contributed by atoms with Crippen LogP contribution < -0.4 is 17.0 Å². The molecule has 2 aromatic heterocycles. The highest BCUT2D eigenvalue weighted by atomic mass is 16.5.